The third-order valence-electron chi connectivity index (χ3n) is 3.42. The second-order valence-electron chi connectivity index (χ2n) is 5.11. The molecule has 1 aliphatic rings. The van der Waals surface area contributed by atoms with Gasteiger partial charge in [-0.1, -0.05) is 25.5 Å². The molecular weight excluding hydrogens is 299 g/mol. The topological polar surface area (TPSA) is 78.9 Å². The number of benzene rings is 1. The first-order chi connectivity index (χ1) is 10.2. The quantitative estimate of drug-likeness (QED) is 0.841. The van der Waals surface area contributed by atoms with Gasteiger partial charge in [-0.2, -0.15) is 23.3 Å². The van der Waals surface area contributed by atoms with E-state index in [1.54, 1.807) is 13.0 Å². The molecule has 22 heavy (non-hydrogen) atoms. The molecule has 0 aliphatic carbocycles. The monoisotopic (exact) mass is 315 g/mol. The van der Waals surface area contributed by atoms with Crippen LogP contribution in [0.2, 0.25) is 0 Å². The second-order valence-corrected chi connectivity index (χ2v) is 5.11. The van der Waals surface area contributed by atoms with Crippen LogP contribution in [-0.4, -0.2) is 33.6 Å². The Morgan fingerprint density at radius 1 is 1.45 bits per heavy atom. The summed E-state index contributed by atoms with van der Waals surface area (Å²) in [6.45, 7) is 1.77. The first-order valence-electron chi connectivity index (χ1n) is 6.75. The number of rotatable bonds is 3. The van der Waals surface area contributed by atoms with Crippen molar-refractivity contribution in [3.8, 4) is 0 Å². The Bertz CT molecular complexity index is 616. The standard InChI is InChI=1S/C14H16F3N3O2/c1-2-5-9-8-13(22,14(15,16)17)20(19-9)12(21)10-6-3-4-7-11(10)18/h3-4,6-7,22H,2,5,8,18H2,1H3. The van der Waals surface area contributed by atoms with Crippen LogP contribution >= 0.6 is 0 Å². The SMILES string of the molecule is CCCC1=NN(C(=O)c2ccccc2N)C(O)(C(F)(F)F)C1. The lowest BCUT2D eigenvalue weighted by atomic mass is 10.0. The minimum absolute atomic E-state index is 0.0242. The van der Waals surface area contributed by atoms with E-state index in [1.165, 1.54) is 18.2 Å². The molecule has 1 aliphatic heterocycles. The molecule has 2 rings (SSSR count). The van der Waals surface area contributed by atoms with Gasteiger partial charge < -0.3 is 10.8 Å². The van der Waals surface area contributed by atoms with Crippen LogP contribution in [0, 0.1) is 0 Å². The van der Waals surface area contributed by atoms with E-state index in [-0.39, 0.29) is 28.4 Å². The van der Waals surface area contributed by atoms with Crippen LogP contribution < -0.4 is 5.73 Å². The van der Waals surface area contributed by atoms with E-state index >= 15 is 0 Å². The van der Waals surface area contributed by atoms with Crippen LogP contribution in [0.1, 0.15) is 36.5 Å². The fourth-order valence-electron chi connectivity index (χ4n) is 2.29. The lowest BCUT2D eigenvalue weighted by Crippen LogP contribution is -2.56. The van der Waals surface area contributed by atoms with Gasteiger partial charge in [-0.15, -0.1) is 0 Å². The van der Waals surface area contributed by atoms with Crippen LogP contribution in [0.4, 0.5) is 18.9 Å². The zero-order valence-electron chi connectivity index (χ0n) is 11.9. The van der Waals surface area contributed by atoms with Crippen molar-refractivity contribution in [2.24, 2.45) is 5.10 Å². The van der Waals surface area contributed by atoms with Gasteiger partial charge in [0.15, 0.2) is 0 Å². The number of nitrogen functional groups attached to an aromatic ring is 1. The molecule has 0 saturated carbocycles. The summed E-state index contributed by atoms with van der Waals surface area (Å²) in [5.74, 6) is -1.08. The molecule has 0 spiro atoms. The van der Waals surface area contributed by atoms with Gasteiger partial charge in [-0.25, -0.2) is 0 Å². The van der Waals surface area contributed by atoms with Gasteiger partial charge in [0.05, 0.1) is 5.56 Å². The Morgan fingerprint density at radius 2 is 2.09 bits per heavy atom. The minimum Gasteiger partial charge on any atom is -0.398 e. The Morgan fingerprint density at radius 3 is 2.64 bits per heavy atom. The molecule has 1 heterocycles. The molecule has 1 amide bonds. The second kappa shape index (κ2) is 5.60. The Hall–Kier alpha value is -2.09. The molecule has 8 heteroatoms. The maximum atomic E-state index is 13.2. The summed E-state index contributed by atoms with van der Waals surface area (Å²) in [6.07, 6.45) is -4.94. The summed E-state index contributed by atoms with van der Waals surface area (Å²) in [4.78, 5) is 12.4. The van der Waals surface area contributed by atoms with E-state index in [2.05, 4.69) is 5.10 Å². The van der Waals surface area contributed by atoms with E-state index in [9.17, 15) is 23.1 Å². The number of carbonyl (C=O) groups is 1. The highest BCUT2D eigenvalue weighted by Crippen LogP contribution is 2.41. The predicted octanol–water partition coefficient (Wildman–Crippen LogP) is 2.52. The van der Waals surface area contributed by atoms with Crippen molar-refractivity contribution < 1.29 is 23.1 Å². The van der Waals surface area contributed by atoms with E-state index in [0.29, 0.717) is 6.42 Å². The van der Waals surface area contributed by atoms with Crippen molar-refractivity contribution in [3.63, 3.8) is 0 Å². The van der Waals surface area contributed by atoms with E-state index in [1.807, 2.05) is 0 Å². The van der Waals surface area contributed by atoms with Crippen LogP contribution in [-0.2, 0) is 0 Å². The van der Waals surface area contributed by atoms with Crippen molar-refractivity contribution in [2.45, 2.75) is 38.1 Å². The van der Waals surface area contributed by atoms with E-state index in [0.717, 1.165) is 0 Å². The maximum absolute atomic E-state index is 13.2. The number of para-hydroxylation sites is 1. The molecule has 0 aromatic heterocycles. The number of aliphatic hydroxyl groups is 1. The average Bonchev–Trinajstić information content (AvgIpc) is 2.77. The van der Waals surface area contributed by atoms with Gasteiger partial charge in [0.2, 0.25) is 0 Å². The molecule has 0 radical (unpaired) electrons. The highest BCUT2D eigenvalue weighted by Gasteiger charge is 2.63. The number of anilines is 1. The average molecular weight is 315 g/mol. The molecule has 1 unspecified atom stereocenters. The number of amides is 1. The fourth-order valence-corrected chi connectivity index (χ4v) is 2.29. The molecule has 1 atom stereocenters. The summed E-state index contributed by atoms with van der Waals surface area (Å²) < 4.78 is 39.7. The lowest BCUT2D eigenvalue weighted by molar-refractivity contribution is -0.297. The number of hydrazone groups is 1. The van der Waals surface area contributed by atoms with Crippen molar-refractivity contribution >= 4 is 17.3 Å². The number of hydrogen-bond acceptors (Lipinski definition) is 4. The van der Waals surface area contributed by atoms with Crippen LogP contribution in [0.5, 0.6) is 0 Å². The van der Waals surface area contributed by atoms with Crippen molar-refractivity contribution in [1.82, 2.24) is 5.01 Å². The van der Waals surface area contributed by atoms with Crippen molar-refractivity contribution in [3.05, 3.63) is 29.8 Å². The number of halogens is 3. The number of nitrogens with zero attached hydrogens (tertiary/aromatic N) is 2. The molecule has 3 N–H and O–H groups in total. The predicted molar refractivity (Wildman–Crippen MR) is 75.0 cm³/mol. The molecule has 120 valence electrons. The van der Waals surface area contributed by atoms with Crippen LogP contribution in [0.15, 0.2) is 29.4 Å². The number of hydrogen-bond donors (Lipinski definition) is 2. The third kappa shape index (κ3) is 2.66. The summed E-state index contributed by atoms with van der Waals surface area (Å²) in [5.41, 5.74) is 2.31. The Kier molecular flexibility index (Phi) is 4.15. The van der Waals surface area contributed by atoms with Gasteiger partial charge in [0.25, 0.3) is 11.6 Å². The number of alkyl halides is 3. The molecule has 0 saturated heterocycles. The van der Waals surface area contributed by atoms with Crippen LogP contribution in [0.25, 0.3) is 0 Å². The first-order valence-corrected chi connectivity index (χ1v) is 6.75. The summed E-state index contributed by atoms with van der Waals surface area (Å²) in [6, 6.07) is 5.72. The fraction of sp³-hybridized carbons (Fsp3) is 0.429. The van der Waals surface area contributed by atoms with E-state index in [4.69, 9.17) is 5.73 Å². The Balaban J connectivity index is 2.44. The zero-order chi connectivity index (χ0) is 16.5. The summed E-state index contributed by atoms with van der Waals surface area (Å²) in [7, 11) is 0. The van der Waals surface area contributed by atoms with Crippen LogP contribution in [0.3, 0.4) is 0 Å². The molecule has 0 fully saturated rings. The zero-order valence-corrected chi connectivity index (χ0v) is 11.9. The molecule has 1 aromatic rings. The normalized spacial score (nSPS) is 21.9. The third-order valence-corrected chi connectivity index (χ3v) is 3.42. The van der Waals surface area contributed by atoms with Gasteiger partial charge in [0, 0.05) is 17.8 Å². The molecule has 0 bridgehead atoms. The highest BCUT2D eigenvalue weighted by molar-refractivity contribution is 6.01. The molecule has 5 nitrogen and oxygen atoms in total. The smallest absolute Gasteiger partial charge is 0.398 e. The van der Waals surface area contributed by atoms with Gasteiger partial charge in [0.1, 0.15) is 0 Å². The Labute approximate surface area is 125 Å². The molecule has 1 aromatic carbocycles. The van der Waals surface area contributed by atoms with Crippen molar-refractivity contribution in [2.75, 3.05) is 5.73 Å². The summed E-state index contributed by atoms with van der Waals surface area (Å²) >= 11 is 0. The highest BCUT2D eigenvalue weighted by atomic mass is 19.4. The minimum atomic E-state index is -5.02. The summed E-state index contributed by atoms with van der Waals surface area (Å²) in [5, 5.41) is 13.8. The largest absolute Gasteiger partial charge is 0.438 e. The molecular formula is C14H16F3N3O2. The van der Waals surface area contributed by atoms with Gasteiger partial charge in [-0.3, -0.25) is 4.79 Å². The number of nitrogens with two attached hydrogens (primary N) is 1. The number of carbonyl (C=O) groups excluding carboxylic acids is 1. The van der Waals surface area contributed by atoms with Gasteiger partial charge >= 0.3 is 6.18 Å². The van der Waals surface area contributed by atoms with Crippen molar-refractivity contribution in [1.29, 1.82) is 0 Å². The van der Waals surface area contributed by atoms with Gasteiger partial charge in [-0.05, 0) is 18.6 Å². The first kappa shape index (κ1) is 16.3. The maximum Gasteiger partial charge on any atom is 0.438 e. The lowest BCUT2D eigenvalue weighted by Gasteiger charge is -2.32. The van der Waals surface area contributed by atoms with E-state index < -0.39 is 24.2 Å².